The Morgan fingerprint density at radius 3 is 1.64 bits per heavy atom. The number of ether oxygens (including phenoxy) is 1. The normalized spacial score (nSPS) is 14.8. The Morgan fingerprint density at radius 2 is 1.22 bits per heavy atom. The number of halogens is 3. The molecule has 0 spiro atoms. The lowest BCUT2D eigenvalue weighted by molar-refractivity contribution is -0.155. The topological polar surface area (TPSA) is 229 Å². The van der Waals surface area contributed by atoms with Crippen LogP contribution in [0.4, 0.5) is 8.78 Å². The number of esters is 1. The average Bonchev–Trinajstić information content (AvgIpc) is 3.97. The van der Waals surface area contributed by atoms with Crippen molar-refractivity contribution in [2.24, 2.45) is 19.8 Å². The van der Waals surface area contributed by atoms with Gasteiger partial charge in [-0.1, -0.05) is 0 Å². The Hall–Kier alpha value is -6.86. The van der Waals surface area contributed by atoms with E-state index in [-0.39, 0.29) is 53.8 Å². The molecule has 0 aliphatic heterocycles. The number of aromatic nitrogens is 10. The second kappa shape index (κ2) is 16.4. The van der Waals surface area contributed by atoms with Crippen molar-refractivity contribution in [1.82, 2.24) is 60.1 Å². The molecule has 0 bridgehead atoms. The average molecular weight is 894 g/mol. The van der Waals surface area contributed by atoms with Gasteiger partial charge in [-0.25, -0.2) is 28.7 Å². The van der Waals surface area contributed by atoms with Gasteiger partial charge in [0.2, 0.25) is 0 Å². The van der Waals surface area contributed by atoms with E-state index in [1.807, 2.05) is 20.8 Å². The number of amides is 2. The fourth-order valence-corrected chi connectivity index (χ4v) is 7.67. The van der Waals surface area contributed by atoms with Gasteiger partial charge in [0.1, 0.15) is 51.0 Å². The van der Waals surface area contributed by atoms with E-state index in [1.165, 1.54) is 24.3 Å². The molecule has 0 atom stereocenters. The standard InChI is InChI=1S/C25H27FN6O3.C19H18FN7O.ClH/c1-24(2,3)35-19(33)7-8-25(9-10-25)30-23(34)16-12-27-22-21(16)29-17(13-28-22)20-15-6-5-14(26)11-18(15)32(4)31-20;1-27-14-6-10(20)2-3-11(14)15(26-27)13-8-23-17-16(24-13)12(7-22-17)18(28)25-19(9-21)4-5-19;/h5-6,11-13H,7-10H2,1-4H3,(H,27,28)(H,30,34);2-3,6-8H,4-5,9,21H2,1H3,(H,22,23)(H,25,28);1H. The number of carbonyl (C=O) groups is 3. The Labute approximate surface area is 370 Å². The molecule has 6 aromatic heterocycles. The van der Waals surface area contributed by atoms with Crippen molar-refractivity contribution in [2.75, 3.05) is 6.54 Å². The van der Waals surface area contributed by atoms with Crippen LogP contribution < -0.4 is 16.4 Å². The zero-order valence-electron chi connectivity index (χ0n) is 35.7. The zero-order chi connectivity index (χ0) is 44.4. The summed E-state index contributed by atoms with van der Waals surface area (Å²) >= 11 is 0. The molecular formula is C44H46ClF2N13O4. The molecular weight excluding hydrogens is 848 g/mol. The summed E-state index contributed by atoms with van der Waals surface area (Å²) in [7, 11) is 3.48. The van der Waals surface area contributed by atoms with E-state index in [2.05, 4.69) is 50.7 Å². The second-order valence-electron chi connectivity index (χ2n) is 17.3. The van der Waals surface area contributed by atoms with Crippen LogP contribution in [0.2, 0.25) is 0 Å². The van der Waals surface area contributed by atoms with Gasteiger partial charge < -0.3 is 31.1 Å². The molecule has 17 nitrogen and oxygen atoms in total. The van der Waals surface area contributed by atoms with Crippen LogP contribution in [0, 0.1) is 11.6 Å². The van der Waals surface area contributed by atoms with Gasteiger partial charge in [0, 0.05) is 55.8 Å². The first-order chi connectivity index (χ1) is 30.0. The van der Waals surface area contributed by atoms with Crippen LogP contribution >= 0.6 is 12.4 Å². The van der Waals surface area contributed by atoms with Crippen LogP contribution in [-0.4, -0.2) is 90.5 Å². The van der Waals surface area contributed by atoms with Gasteiger partial charge >= 0.3 is 5.97 Å². The molecule has 64 heavy (non-hydrogen) atoms. The summed E-state index contributed by atoms with van der Waals surface area (Å²) in [5, 5.41) is 16.5. The molecule has 2 amide bonds. The molecule has 0 unspecified atom stereocenters. The monoisotopic (exact) mass is 893 g/mol. The van der Waals surface area contributed by atoms with E-state index in [0.717, 1.165) is 36.5 Å². The molecule has 332 valence electrons. The van der Waals surface area contributed by atoms with Gasteiger partial charge in [-0.3, -0.25) is 23.7 Å². The first-order valence-electron chi connectivity index (χ1n) is 20.5. The second-order valence-corrected chi connectivity index (χ2v) is 17.3. The zero-order valence-corrected chi connectivity index (χ0v) is 36.5. The SMILES string of the molecule is Cl.Cn1nc(-c2cnc3[nH]cc(C(=O)NC4(CCC(=O)OC(C)(C)C)CC4)c3n2)c2ccc(F)cc21.Cn1nc(-c2cnc3[nH]cc(C(=O)NC4(CN)CC4)c3n2)c2ccc(F)cc21. The van der Waals surface area contributed by atoms with Crippen LogP contribution in [0.15, 0.2) is 61.2 Å². The molecule has 2 fully saturated rings. The Balaban J connectivity index is 0.000000176. The van der Waals surface area contributed by atoms with Crippen molar-refractivity contribution in [3.8, 4) is 22.8 Å². The molecule has 6 N–H and O–H groups in total. The lowest BCUT2D eigenvalue weighted by Crippen LogP contribution is -2.42. The molecule has 10 rings (SSSR count). The third-order valence-electron chi connectivity index (χ3n) is 11.4. The molecule has 2 aliphatic carbocycles. The molecule has 2 saturated carbocycles. The highest BCUT2D eigenvalue weighted by Gasteiger charge is 2.45. The number of hydrogen-bond acceptors (Lipinski definition) is 11. The number of H-pyrrole nitrogens is 2. The van der Waals surface area contributed by atoms with E-state index in [4.69, 9.17) is 10.5 Å². The van der Waals surface area contributed by atoms with Crippen LogP contribution in [-0.2, 0) is 23.6 Å². The van der Waals surface area contributed by atoms with Crippen molar-refractivity contribution in [1.29, 1.82) is 0 Å². The maximum atomic E-state index is 13.7. The van der Waals surface area contributed by atoms with Crippen LogP contribution in [0.5, 0.6) is 0 Å². The summed E-state index contributed by atoms with van der Waals surface area (Å²) in [5.41, 5.74) is 10.6. The van der Waals surface area contributed by atoms with Crippen molar-refractivity contribution < 1.29 is 27.9 Å². The number of hydrogen-bond donors (Lipinski definition) is 5. The van der Waals surface area contributed by atoms with Crippen LogP contribution in [0.1, 0.15) is 80.0 Å². The van der Waals surface area contributed by atoms with Crippen LogP contribution in [0.3, 0.4) is 0 Å². The minimum atomic E-state index is -0.537. The summed E-state index contributed by atoms with van der Waals surface area (Å²) in [6.45, 7) is 5.91. The molecule has 2 aliphatic rings. The van der Waals surface area contributed by atoms with Gasteiger partial charge in [0.05, 0.1) is 40.1 Å². The molecule has 2 aromatic carbocycles. The van der Waals surface area contributed by atoms with Crippen molar-refractivity contribution in [3.05, 3.63) is 83.9 Å². The Bertz CT molecular complexity index is 3120. The highest BCUT2D eigenvalue weighted by atomic mass is 35.5. The number of nitrogens with zero attached hydrogens (tertiary/aromatic N) is 8. The van der Waals surface area contributed by atoms with Gasteiger partial charge in [-0.15, -0.1) is 12.4 Å². The van der Waals surface area contributed by atoms with E-state index in [1.54, 1.807) is 60.4 Å². The number of nitrogens with one attached hydrogen (secondary N) is 4. The predicted octanol–water partition coefficient (Wildman–Crippen LogP) is 6.33. The van der Waals surface area contributed by atoms with Gasteiger partial charge in [0.15, 0.2) is 11.3 Å². The summed E-state index contributed by atoms with van der Waals surface area (Å²) in [6.07, 6.45) is 10.5. The number of carbonyl (C=O) groups excluding carboxylic acids is 3. The van der Waals surface area contributed by atoms with E-state index >= 15 is 0 Å². The maximum Gasteiger partial charge on any atom is 0.306 e. The first-order valence-corrected chi connectivity index (χ1v) is 20.5. The summed E-state index contributed by atoms with van der Waals surface area (Å²) in [5.74, 6) is -1.46. The fourth-order valence-electron chi connectivity index (χ4n) is 7.67. The summed E-state index contributed by atoms with van der Waals surface area (Å²) in [4.78, 5) is 62.1. The van der Waals surface area contributed by atoms with E-state index in [0.29, 0.717) is 80.2 Å². The highest BCUT2D eigenvalue weighted by molar-refractivity contribution is 6.06. The third kappa shape index (κ3) is 8.59. The first kappa shape index (κ1) is 43.8. The van der Waals surface area contributed by atoms with Gasteiger partial charge in [-0.2, -0.15) is 10.2 Å². The third-order valence-corrected chi connectivity index (χ3v) is 11.4. The van der Waals surface area contributed by atoms with Gasteiger partial charge in [0.25, 0.3) is 11.8 Å². The quantitative estimate of drug-likeness (QED) is 0.0953. The molecule has 6 heterocycles. The lowest BCUT2D eigenvalue weighted by Gasteiger charge is -2.21. The molecule has 0 radical (unpaired) electrons. The Morgan fingerprint density at radius 1 is 0.766 bits per heavy atom. The number of benzene rings is 2. The summed E-state index contributed by atoms with van der Waals surface area (Å²) in [6, 6.07) is 8.93. The molecule has 0 saturated heterocycles. The van der Waals surface area contributed by atoms with Crippen molar-refractivity contribution >= 4 is 74.3 Å². The minimum Gasteiger partial charge on any atom is -0.460 e. The molecule has 8 aromatic rings. The predicted molar refractivity (Wildman–Crippen MR) is 237 cm³/mol. The Kier molecular flexibility index (Phi) is 11.2. The number of rotatable bonds is 10. The van der Waals surface area contributed by atoms with Gasteiger partial charge in [-0.05, 0) is 89.3 Å². The highest BCUT2D eigenvalue weighted by Crippen LogP contribution is 2.41. The number of nitrogens with two attached hydrogens (primary N) is 1. The van der Waals surface area contributed by atoms with Crippen LogP contribution in [0.25, 0.3) is 66.9 Å². The maximum absolute atomic E-state index is 13.7. The number of fused-ring (bicyclic) bond motifs is 4. The van der Waals surface area contributed by atoms with Crippen molar-refractivity contribution in [2.45, 2.75) is 76.0 Å². The van der Waals surface area contributed by atoms with Crippen molar-refractivity contribution in [3.63, 3.8) is 0 Å². The van der Waals surface area contributed by atoms with E-state index < -0.39 is 11.1 Å². The minimum absolute atomic E-state index is 0. The largest absolute Gasteiger partial charge is 0.460 e. The molecule has 20 heteroatoms. The van der Waals surface area contributed by atoms with E-state index in [9.17, 15) is 23.2 Å². The number of aromatic amines is 2. The number of aryl methyl sites for hydroxylation is 2. The fraction of sp³-hybridized carbons (Fsp3) is 0.341. The lowest BCUT2D eigenvalue weighted by atomic mass is 10.1. The summed E-state index contributed by atoms with van der Waals surface area (Å²) < 4.78 is 35.9. The smallest absolute Gasteiger partial charge is 0.306 e.